The molecule has 5 aliphatic rings. The molecule has 2 bridgehead atoms. The second-order valence-electron chi connectivity index (χ2n) is 10.2. The Morgan fingerprint density at radius 3 is 2.56 bits per heavy atom. The molecule has 0 saturated heterocycles. The van der Waals surface area contributed by atoms with Gasteiger partial charge in [0.05, 0.1) is 12.7 Å². The van der Waals surface area contributed by atoms with Crippen LogP contribution in [-0.2, 0) is 15.3 Å². The van der Waals surface area contributed by atoms with E-state index in [0.717, 1.165) is 12.8 Å². The number of rotatable bonds is 5. The molecule has 2 heterocycles. The van der Waals surface area contributed by atoms with Gasteiger partial charge in [-0.3, -0.25) is 0 Å². The lowest BCUT2D eigenvalue weighted by atomic mass is 9.48. The fraction of sp³-hybridized carbons (Fsp3) is 0.393. The molecule has 0 radical (unpaired) electrons. The van der Waals surface area contributed by atoms with Gasteiger partial charge in [0.2, 0.25) is 6.79 Å². The molecule has 2 unspecified atom stereocenters. The van der Waals surface area contributed by atoms with Crippen LogP contribution in [-0.4, -0.2) is 25.0 Å². The van der Waals surface area contributed by atoms with Crippen LogP contribution in [0, 0.1) is 17.3 Å². The van der Waals surface area contributed by atoms with Crippen molar-refractivity contribution >= 4 is 11.5 Å². The van der Waals surface area contributed by atoms with Crippen molar-refractivity contribution in [3.05, 3.63) is 70.8 Å². The first kappa shape index (κ1) is 21.3. The highest BCUT2D eigenvalue weighted by Crippen LogP contribution is 2.61. The summed E-state index contributed by atoms with van der Waals surface area (Å²) < 4.78 is 22.0. The lowest BCUT2D eigenvalue weighted by Crippen LogP contribution is -2.48. The van der Waals surface area contributed by atoms with Crippen molar-refractivity contribution in [2.45, 2.75) is 38.9 Å². The van der Waals surface area contributed by atoms with E-state index in [9.17, 15) is 9.90 Å². The van der Waals surface area contributed by atoms with Crippen LogP contribution in [0.4, 0.5) is 0 Å². The lowest BCUT2D eigenvalue weighted by molar-refractivity contribution is -0.185. The van der Waals surface area contributed by atoms with Crippen LogP contribution in [0.2, 0.25) is 0 Å². The topological polar surface area (TPSA) is 74.2 Å². The molecule has 2 aromatic carbocycles. The first-order valence-corrected chi connectivity index (χ1v) is 11.7. The highest BCUT2D eigenvalue weighted by atomic mass is 16.7. The Morgan fingerprint density at radius 2 is 1.85 bits per heavy atom. The van der Waals surface area contributed by atoms with Gasteiger partial charge in [0.1, 0.15) is 5.75 Å². The minimum Gasteiger partial charge on any atom is -0.497 e. The number of esters is 1. The molecule has 0 spiro atoms. The number of ether oxygens (including phenoxy) is 4. The molecule has 1 N–H and O–H groups in total. The third-order valence-electron chi connectivity index (χ3n) is 8.26. The molecule has 6 nitrogen and oxygen atoms in total. The molecule has 1 fully saturated rings. The van der Waals surface area contributed by atoms with Crippen LogP contribution >= 0.6 is 0 Å². The van der Waals surface area contributed by atoms with Crippen molar-refractivity contribution < 1.29 is 28.8 Å². The average molecular weight is 461 g/mol. The molecule has 2 aliphatic heterocycles. The number of carbonyl (C=O) groups is 1. The van der Waals surface area contributed by atoms with Crippen molar-refractivity contribution in [2.24, 2.45) is 17.3 Å². The fourth-order valence-corrected chi connectivity index (χ4v) is 6.02. The van der Waals surface area contributed by atoms with Crippen LogP contribution in [0.3, 0.4) is 0 Å². The van der Waals surface area contributed by atoms with Gasteiger partial charge in [0.25, 0.3) is 5.79 Å². The van der Waals surface area contributed by atoms with Crippen LogP contribution in [0.1, 0.15) is 44.2 Å². The predicted octanol–water partition coefficient (Wildman–Crippen LogP) is 4.96. The van der Waals surface area contributed by atoms with Crippen molar-refractivity contribution in [1.82, 2.24) is 0 Å². The summed E-state index contributed by atoms with van der Waals surface area (Å²) in [6.07, 6.45) is 4.95. The summed E-state index contributed by atoms with van der Waals surface area (Å²) in [7, 11) is 1.59. The largest absolute Gasteiger partial charge is 0.497 e. The first-order chi connectivity index (χ1) is 16.3. The van der Waals surface area contributed by atoms with Crippen LogP contribution in [0.25, 0.3) is 5.57 Å². The quantitative estimate of drug-likeness (QED) is 0.502. The molecule has 0 amide bonds. The number of hydrogen-bond acceptors (Lipinski definition) is 6. The van der Waals surface area contributed by atoms with E-state index in [1.807, 2.05) is 6.07 Å². The smallest absolute Gasteiger partial charge is 0.342 e. The summed E-state index contributed by atoms with van der Waals surface area (Å²) >= 11 is 0. The van der Waals surface area contributed by atoms with Gasteiger partial charge in [-0.2, -0.15) is 0 Å². The van der Waals surface area contributed by atoms with E-state index in [-0.39, 0.29) is 12.2 Å². The van der Waals surface area contributed by atoms with Gasteiger partial charge >= 0.3 is 5.97 Å². The summed E-state index contributed by atoms with van der Waals surface area (Å²) in [4.78, 5) is 13.3. The lowest BCUT2D eigenvalue weighted by Gasteiger charge is -2.56. The average Bonchev–Trinajstić information content (AvgIpc) is 3.41. The SMILES string of the molecule is COc1ccc(C2(O)OC(=O)C(c3ccc4c(c3)OCO4)=C2CC2=CCC3C[C@@H]2C3(C)C)cc1. The van der Waals surface area contributed by atoms with Gasteiger partial charge in [-0.05, 0) is 78.5 Å². The van der Waals surface area contributed by atoms with E-state index in [0.29, 0.717) is 57.8 Å². The van der Waals surface area contributed by atoms with Crippen molar-refractivity contribution in [2.75, 3.05) is 13.9 Å². The van der Waals surface area contributed by atoms with Gasteiger partial charge in [-0.1, -0.05) is 31.6 Å². The van der Waals surface area contributed by atoms with Crippen LogP contribution in [0.15, 0.2) is 59.7 Å². The Kier molecular flexibility index (Phi) is 4.62. The molecule has 1 saturated carbocycles. The molecular weight excluding hydrogens is 432 g/mol. The van der Waals surface area contributed by atoms with Crippen molar-refractivity contribution in [3.63, 3.8) is 0 Å². The number of allylic oxidation sites excluding steroid dienone is 2. The van der Waals surface area contributed by atoms with E-state index >= 15 is 0 Å². The van der Waals surface area contributed by atoms with Gasteiger partial charge in [0, 0.05) is 11.1 Å². The standard InChI is InChI=1S/C28H28O6/c1-27(2)19-6-4-16(21(27)14-19)12-22-25(17-5-11-23-24(13-17)33-15-32-23)26(29)34-28(22,30)18-7-9-20(31-3)10-8-18/h4-5,7-11,13,19,21,30H,6,12,14-15H2,1-3H3/t19?,21-,28?/m0/s1. The monoisotopic (exact) mass is 460 g/mol. The third kappa shape index (κ3) is 3.01. The highest BCUT2D eigenvalue weighted by Gasteiger charge is 2.54. The minimum absolute atomic E-state index is 0.149. The van der Waals surface area contributed by atoms with Gasteiger partial charge in [0.15, 0.2) is 11.5 Å². The van der Waals surface area contributed by atoms with Crippen molar-refractivity contribution in [1.29, 1.82) is 0 Å². The Labute approximate surface area is 198 Å². The molecule has 34 heavy (non-hydrogen) atoms. The van der Waals surface area contributed by atoms with E-state index in [4.69, 9.17) is 18.9 Å². The van der Waals surface area contributed by atoms with Gasteiger partial charge in [-0.15, -0.1) is 0 Å². The Morgan fingerprint density at radius 1 is 1.09 bits per heavy atom. The number of benzene rings is 2. The zero-order chi connectivity index (χ0) is 23.7. The van der Waals surface area contributed by atoms with Crippen molar-refractivity contribution in [3.8, 4) is 17.2 Å². The van der Waals surface area contributed by atoms with Crippen LogP contribution in [0.5, 0.6) is 17.2 Å². The number of fused-ring (bicyclic) bond motifs is 2. The third-order valence-corrected chi connectivity index (χ3v) is 8.26. The second kappa shape index (κ2) is 7.37. The number of hydrogen-bond donors (Lipinski definition) is 1. The zero-order valence-corrected chi connectivity index (χ0v) is 19.6. The molecule has 3 atom stereocenters. The maximum absolute atomic E-state index is 13.3. The predicted molar refractivity (Wildman–Crippen MR) is 125 cm³/mol. The fourth-order valence-electron chi connectivity index (χ4n) is 6.02. The molecule has 2 aromatic rings. The summed E-state index contributed by atoms with van der Waals surface area (Å²) in [5.74, 6) is 0.611. The first-order valence-electron chi connectivity index (χ1n) is 11.7. The maximum Gasteiger partial charge on any atom is 0.342 e. The number of aliphatic hydroxyl groups is 1. The summed E-state index contributed by atoms with van der Waals surface area (Å²) in [6, 6.07) is 12.4. The minimum atomic E-state index is -1.86. The van der Waals surface area contributed by atoms with E-state index < -0.39 is 11.8 Å². The molecule has 6 heteroatoms. The molecule has 176 valence electrons. The molecular formula is C28H28O6. The number of cyclic esters (lactones) is 1. The van der Waals surface area contributed by atoms with E-state index in [1.165, 1.54) is 5.57 Å². The van der Waals surface area contributed by atoms with Gasteiger partial charge < -0.3 is 24.1 Å². The number of methoxy groups -OCH3 is 1. The summed E-state index contributed by atoms with van der Waals surface area (Å²) in [5.41, 5.74) is 3.59. The molecule has 7 rings (SSSR count). The molecule has 0 aromatic heterocycles. The Hall–Kier alpha value is -3.25. The van der Waals surface area contributed by atoms with E-state index in [1.54, 1.807) is 43.5 Å². The maximum atomic E-state index is 13.3. The Balaban J connectivity index is 1.48. The summed E-state index contributed by atoms with van der Waals surface area (Å²) in [6.45, 7) is 4.78. The van der Waals surface area contributed by atoms with E-state index in [2.05, 4.69) is 19.9 Å². The zero-order valence-electron chi connectivity index (χ0n) is 19.6. The Bertz CT molecular complexity index is 1240. The number of carbonyl (C=O) groups excluding carboxylic acids is 1. The van der Waals surface area contributed by atoms with Gasteiger partial charge in [-0.25, -0.2) is 4.79 Å². The van der Waals surface area contributed by atoms with Crippen LogP contribution < -0.4 is 14.2 Å². The second-order valence-corrected chi connectivity index (χ2v) is 10.2. The normalized spacial score (nSPS) is 28.4. The summed E-state index contributed by atoms with van der Waals surface area (Å²) in [5, 5.41) is 11.9. The molecule has 3 aliphatic carbocycles. The highest BCUT2D eigenvalue weighted by molar-refractivity contribution is 6.20.